The van der Waals surface area contributed by atoms with Crippen LogP contribution in [-0.2, 0) is 4.84 Å². The topological polar surface area (TPSA) is 131 Å². The maximum absolute atomic E-state index is 11.7. The van der Waals surface area contributed by atoms with E-state index in [1.807, 2.05) is 0 Å². The molecule has 1 heterocycles. The number of hydrogen-bond donors (Lipinski definition) is 2. The van der Waals surface area contributed by atoms with Crippen LogP contribution >= 0.6 is 11.8 Å². The lowest BCUT2D eigenvalue weighted by Gasteiger charge is -2.28. The smallest absolute Gasteiger partial charge is 0.408 e. The molecule has 2 rings (SSSR count). The first kappa shape index (κ1) is 17.7. The zero-order chi connectivity index (χ0) is 17.7. The van der Waals surface area contributed by atoms with Crippen LogP contribution in [0.15, 0.2) is 24.3 Å². The van der Waals surface area contributed by atoms with E-state index in [2.05, 4.69) is 10.2 Å². The molecule has 1 aromatic carbocycles. The average molecular weight is 357 g/mol. The Hall–Kier alpha value is -2.69. The zero-order valence-corrected chi connectivity index (χ0v) is 13.4. The van der Waals surface area contributed by atoms with Crippen molar-refractivity contribution in [3.63, 3.8) is 0 Å². The number of benzene rings is 1. The minimum Gasteiger partial charge on any atom is -0.497 e. The number of nitrogens with zero attached hydrogens (tertiary/aromatic N) is 2. The molecule has 0 bridgehead atoms. The number of nitrogens with one attached hydrogen (secondary N) is 1. The van der Waals surface area contributed by atoms with E-state index in [0.29, 0.717) is 11.3 Å². The SMILES string of the molecule is COc1ccc(C2NC(=O)SC2N(CCO[N+](=O)[O-])C(=O)O)cc1. The van der Waals surface area contributed by atoms with Crippen molar-refractivity contribution < 1.29 is 29.4 Å². The molecule has 130 valence electrons. The summed E-state index contributed by atoms with van der Waals surface area (Å²) in [5.41, 5.74) is 0.695. The van der Waals surface area contributed by atoms with E-state index < -0.39 is 29.2 Å². The molecule has 1 saturated heterocycles. The van der Waals surface area contributed by atoms with Crippen molar-refractivity contribution in [2.75, 3.05) is 20.3 Å². The number of methoxy groups -OCH3 is 1. The van der Waals surface area contributed by atoms with E-state index >= 15 is 0 Å². The molecule has 1 aliphatic rings. The second kappa shape index (κ2) is 7.73. The molecule has 1 fully saturated rings. The van der Waals surface area contributed by atoms with Crippen LogP contribution < -0.4 is 10.1 Å². The fourth-order valence-corrected chi connectivity index (χ4v) is 3.36. The first-order valence-electron chi connectivity index (χ1n) is 6.80. The molecule has 0 aromatic heterocycles. The molecule has 0 aliphatic carbocycles. The Morgan fingerprint density at radius 1 is 1.46 bits per heavy atom. The van der Waals surface area contributed by atoms with Gasteiger partial charge in [0.25, 0.3) is 10.3 Å². The maximum atomic E-state index is 11.7. The molecule has 0 spiro atoms. The van der Waals surface area contributed by atoms with Crippen molar-refractivity contribution in [1.82, 2.24) is 10.2 Å². The summed E-state index contributed by atoms with van der Waals surface area (Å²) in [7, 11) is 1.52. The average Bonchev–Trinajstić information content (AvgIpc) is 2.92. The zero-order valence-electron chi connectivity index (χ0n) is 12.6. The molecule has 2 amide bonds. The third kappa shape index (κ3) is 4.19. The number of hydrogen-bond acceptors (Lipinski definition) is 7. The summed E-state index contributed by atoms with van der Waals surface area (Å²) in [5.74, 6) is 0.627. The third-order valence-electron chi connectivity index (χ3n) is 3.34. The molecule has 2 atom stereocenters. The van der Waals surface area contributed by atoms with Crippen molar-refractivity contribution in [3.8, 4) is 5.75 Å². The summed E-state index contributed by atoms with van der Waals surface area (Å²) < 4.78 is 5.06. The lowest BCUT2D eigenvalue weighted by Crippen LogP contribution is -2.43. The van der Waals surface area contributed by atoms with Crippen LogP contribution in [-0.4, -0.2) is 52.1 Å². The molecule has 10 nitrogen and oxygen atoms in total. The molecular formula is C13H15N3O7S. The van der Waals surface area contributed by atoms with Gasteiger partial charge in [-0.05, 0) is 29.5 Å². The lowest BCUT2D eigenvalue weighted by molar-refractivity contribution is -0.757. The summed E-state index contributed by atoms with van der Waals surface area (Å²) in [6.45, 7) is -0.657. The highest BCUT2D eigenvalue weighted by atomic mass is 32.2. The number of carboxylic acid groups (broad SMARTS) is 1. The van der Waals surface area contributed by atoms with Crippen LogP contribution in [0.2, 0.25) is 0 Å². The summed E-state index contributed by atoms with van der Waals surface area (Å²) in [4.78, 5) is 38.5. The van der Waals surface area contributed by atoms with E-state index in [1.165, 1.54) is 7.11 Å². The van der Waals surface area contributed by atoms with Crippen molar-refractivity contribution in [3.05, 3.63) is 39.9 Å². The number of ether oxygens (including phenoxy) is 1. The van der Waals surface area contributed by atoms with Gasteiger partial charge in [0.1, 0.15) is 17.7 Å². The minimum atomic E-state index is -1.30. The Labute approximate surface area is 140 Å². The Bertz CT molecular complexity index is 624. The number of rotatable bonds is 7. The van der Waals surface area contributed by atoms with Gasteiger partial charge in [0, 0.05) is 6.54 Å². The fourth-order valence-electron chi connectivity index (χ4n) is 2.26. The van der Waals surface area contributed by atoms with Crippen LogP contribution in [0.1, 0.15) is 11.6 Å². The maximum Gasteiger partial charge on any atom is 0.408 e. The molecule has 1 aliphatic heterocycles. The predicted octanol–water partition coefficient (Wildman–Crippen LogP) is 1.71. The second-order valence-corrected chi connectivity index (χ2v) is 5.81. The molecule has 0 saturated carbocycles. The number of amides is 2. The van der Waals surface area contributed by atoms with Crippen molar-refractivity contribution in [2.45, 2.75) is 11.4 Å². The van der Waals surface area contributed by atoms with Crippen molar-refractivity contribution in [2.24, 2.45) is 0 Å². The highest BCUT2D eigenvalue weighted by Crippen LogP contribution is 2.36. The van der Waals surface area contributed by atoms with Crippen LogP contribution in [0, 0.1) is 10.1 Å². The highest BCUT2D eigenvalue weighted by Gasteiger charge is 2.40. The van der Waals surface area contributed by atoms with Gasteiger partial charge in [0.2, 0.25) is 0 Å². The van der Waals surface area contributed by atoms with Crippen LogP contribution in [0.3, 0.4) is 0 Å². The van der Waals surface area contributed by atoms with Gasteiger partial charge in [-0.25, -0.2) is 4.79 Å². The monoisotopic (exact) mass is 357 g/mol. The summed E-state index contributed by atoms with van der Waals surface area (Å²) >= 11 is 0.812. The Morgan fingerprint density at radius 3 is 2.67 bits per heavy atom. The lowest BCUT2D eigenvalue weighted by atomic mass is 10.1. The first-order valence-corrected chi connectivity index (χ1v) is 7.68. The normalized spacial score (nSPS) is 19.5. The number of thioether (sulfide) groups is 1. The molecule has 1 aromatic rings. The van der Waals surface area contributed by atoms with E-state index in [4.69, 9.17) is 4.74 Å². The van der Waals surface area contributed by atoms with Gasteiger partial charge in [-0.3, -0.25) is 9.69 Å². The number of carbonyl (C=O) groups is 2. The largest absolute Gasteiger partial charge is 0.497 e. The number of carbonyl (C=O) groups excluding carboxylic acids is 1. The highest BCUT2D eigenvalue weighted by molar-refractivity contribution is 8.14. The van der Waals surface area contributed by atoms with Crippen LogP contribution in [0.5, 0.6) is 5.75 Å². The predicted molar refractivity (Wildman–Crippen MR) is 83.3 cm³/mol. The minimum absolute atomic E-state index is 0.240. The Morgan fingerprint density at radius 2 is 2.12 bits per heavy atom. The second-order valence-electron chi connectivity index (χ2n) is 4.72. The molecule has 2 unspecified atom stereocenters. The van der Waals surface area contributed by atoms with E-state index in [-0.39, 0.29) is 11.8 Å². The van der Waals surface area contributed by atoms with E-state index in [0.717, 1.165) is 16.7 Å². The molecular weight excluding hydrogens is 342 g/mol. The van der Waals surface area contributed by atoms with Crippen molar-refractivity contribution in [1.29, 1.82) is 0 Å². The van der Waals surface area contributed by atoms with Gasteiger partial charge >= 0.3 is 6.09 Å². The molecule has 11 heteroatoms. The van der Waals surface area contributed by atoms with E-state index in [1.54, 1.807) is 24.3 Å². The quantitative estimate of drug-likeness (QED) is 0.557. The van der Waals surface area contributed by atoms with Crippen LogP contribution in [0.4, 0.5) is 9.59 Å². The van der Waals surface area contributed by atoms with Gasteiger partial charge in [-0.1, -0.05) is 12.1 Å². The van der Waals surface area contributed by atoms with E-state index in [9.17, 15) is 24.8 Å². The fraction of sp³-hybridized carbons (Fsp3) is 0.385. The van der Waals surface area contributed by atoms with Gasteiger partial charge < -0.3 is 20.0 Å². The van der Waals surface area contributed by atoms with Gasteiger partial charge in [-0.2, -0.15) is 0 Å². The molecule has 24 heavy (non-hydrogen) atoms. The standard InChI is InChI=1S/C13H15N3O7S/c1-22-9-4-2-8(3-5-9)10-11(24-12(17)14-10)15(13(18)19)6-7-23-16(20)21/h2-5,10-11H,6-7H2,1H3,(H,14,17)(H,18,19). The summed E-state index contributed by atoms with van der Waals surface area (Å²) in [6.07, 6.45) is -1.30. The van der Waals surface area contributed by atoms with Gasteiger partial charge in [-0.15, -0.1) is 10.1 Å². The summed E-state index contributed by atoms with van der Waals surface area (Å²) in [6, 6.07) is 6.25. The van der Waals surface area contributed by atoms with Crippen LogP contribution in [0.25, 0.3) is 0 Å². The first-order chi connectivity index (χ1) is 11.4. The third-order valence-corrected chi connectivity index (χ3v) is 4.44. The summed E-state index contributed by atoms with van der Waals surface area (Å²) in [5, 5.41) is 20.1. The van der Waals surface area contributed by atoms with Gasteiger partial charge in [0.15, 0.2) is 0 Å². The molecule has 0 radical (unpaired) electrons. The van der Waals surface area contributed by atoms with Crippen molar-refractivity contribution >= 4 is 23.1 Å². The van der Waals surface area contributed by atoms with Gasteiger partial charge in [0.05, 0.1) is 13.2 Å². The molecule has 2 N–H and O–H groups in total. The Balaban J connectivity index is 2.17. The Kier molecular flexibility index (Phi) is 5.68.